The van der Waals surface area contributed by atoms with Crippen LogP contribution in [0.4, 0.5) is 0 Å². The summed E-state index contributed by atoms with van der Waals surface area (Å²) in [5, 5.41) is 3.60. The molecule has 0 aliphatic rings. The van der Waals surface area contributed by atoms with Gasteiger partial charge < -0.3 is 18.0 Å². The Hall–Kier alpha value is -4.60. The topological polar surface area (TPSA) is 96.1 Å². The molecule has 48 heavy (non-hydrogen) atoms. The molecule has 0 N–H and O–H groups in total. The molecule has 0 unspecified atom stereocenters. The van der Waals surface area contributed by atoms with E-state index in [1.165, 1.54) is 12.1 Å². The van der Waals surface area contributed by atoms with Crippen molar-refractivity contribution in [2.75, 3.05) is 0 Å². The minimum atomic E-state index is -0.568. The predicted octanol–water partition coefficient (Wildman–Crippen LogP) is 10.0. The van der Waals surface area contributed by atoms with Crippen LogP contribution in [-0.2, 0) is 13.1 Å². The van der Waals surface area contributed by atoms with Crippen molar-refractivity contribution in [1.29, 1.82) is 0 Å². The number of aromatic nitrogens is 4. The molecule has 0 saturated heterocycles. The van der Waals surface area contributed by atoms with Crippen LogP contribution in [0.25, 0.3) is 66.8 Å². The molecule has 4 heterocycles. The number of halogens is 4. The SMILES string of the molecule is O=c1oc(-c2cc3ccccc3n2CCCCn2c(-c3nc4c(Cl)cc(Cl)cc4c(=O)o3)cc3ccccc32)nc2c(Cl)cc(Cl)cc12. The lowest BCUT2D eigenvalue weighted by Gasteiger charge is -2.13. The first-order valence-electron chi connectivity index (χ1n) is 15.0. The highest BCUT2D eigenvalue weighted by Gasteiger charge is 2.20. The fourth-order valence-electron chi connectivity index (χ4n) is 6.22. The van der Waals surface area contributed by atoms with E-state index in [4.69, 9.17) is 55.2 Å². The Morgan fingerprint density at radius 2 is 0.979 bits per heavy atom. The highest BCUT2D eigenvalue weighted by atomic mass is 35.5. The zero-order valence-corrected chi connectivity index (χ0v) is 27.9. The molecule has 0 aliphatic carbocycles. The molecule has 0 fully saturated rings. The highest BCUT2D eigenvalue weighted by molar-refractivity contribution is 6.39. The van der Waals surface area contributed by atoms with E-state index in [0.29, 0.717) is 45.6 Å². The lowest BCUT2D eigenvalue weighted by Crippen LogP contribution is -2.08. The third-order valence-corrected chi connectivity index (χ3v) is 9.39. The van der Waals surface area contributed by atoms with Gasteiger partial charge in [0.15, 0.2) is 0 Å². The van der Waals surface area contributed by atoms with Crippen LogP contribution in [0.1, 0.15) is 12.8 Å². The van der Waals surface area contributed by atoms with Crippen molar-refractivity contribution < 1.29 is 8.83 Å². The van der Waals surface area contributed by atoms with Crippen molar-refractivity contribution in [3.63, 3.8) is 0 Å². The summed E-state index contributed by atoms with van der Waals surface area (Å²) in [6.45, 7) is 1.21. The van der Waals surface area contributed by atoms with Gasteiger partial charge in [0, 0.05) is 44.9 Å². The first kappa shape index (κ1) is 30.7. The molecule has 0 amide bonds. The Balaban J connectivity index is 1.13. The van der Waals surface area contributed by atoms with E-state index >= 15 is 0 Å². The fourth-order valence-corrected chi connectivity index (χ4v) is 7.29. The van der Waals surface area contributed by atoms with Crippen LogP contribution >= 0.6 is 46.4 Å². The van der Waals surface area contributed by atoms with Gasteiger partial charge in [-0.05, 0) is 61.4 Å². The molecule has 0 spiro atoms. The average Bonchev–Trinajstić information content (AvgIpc) is 3.62. The summed E-state index contributed by atoms with van der Waals surface area (Å²) < 4.78 is 15.6. The van der Waals surface area contributed by atoms with Crippen molar-refractivity contribution in [3.8, 4) is 23.2 Å². The normalized spacial score (nSPS) is 11.8. The number of benzene rings is 4. The summed E-state index contributed by atoms with van der Waals surface area (Å²) in [6.07, 6.45) is 1.51. The van der Waals surface area contributed by atoms with Gasteiger partial charge in [0.05, 0.1) is 20.8 Å². The van der Waals surface area contributed by atoms with E-state index in [2.05, 4.69) is 19.1 Å². The molecule has 0 saturated carbocycles. The Kier molecular flexibility index (Phi) is 7.76. The van der Waals surface area contributed by atoms with Gasteiger partial charge in [0.25, 0.3) is 0 Å². The van der Waals surface area contributed by atoms with Crippen LogP contribution in [0.5, 0.6) is 0 Å². The van der Waals surface area contributed by atoms with Crippen LogP contribution in [0.3, 0.4) is 0 Å². The van der Waals surface area contributed by atoms with Gasteiger partial charge in [0.2, 0.25) is 11.8 Å². The molecule has 0 aliphatic heterocycles. The van der Waals surface area contributed by atoms with Crippen molar-refractivity contribution in [2.24, 2.45) is 0 Å². The second-order valence-electron chi connectivity index (χ2n) is 11.4. The number of hydrogen-bond donors (Lipinski definition) is 0. The summed E-state index contributed by atoms with van der Waals surface area (Å²) in [7, 11) is 0. The number of unbranched alkanes of at least 4 members (excludes halogenated alkanes) is 1. The Morgan fingerprint density at radius 1 is 0.562 bits per heavy atom. The molecule has 0 radical (unpaired) electrons. The van der Waals surface area contributed by atoms with E-state index in [1.807, 2.05) is 60.7 Å². The zero-order chi connectivity index (χ0) is 33.1. The number of nitrogens with zero attached hydrogens (tertiary/aromatic N) is 4. The summed E-state index contributed by atoms with van der Waals surface area (Å²) in [4.78, 5) is 35.3. The lowest BCUT2D eigenvalue weighted by atomic mass is 10.2. The van der Waals surface area contributed by atoms with Gasteiger partial charge >= 0.3 is 11.3 Å². The van der Waals surface area contributed by atoms with E-state index in [0.717, 1.165) is 34.6 Å². The second kappa shape index (κ2) is 12.1. The van der Waals surface area contributed by atoms with Crippen molar-refractivity contribution in [1.82, 2.24) is 19.1 Å². The molecule has 12 heteroatoms. The first-order valence-corrected chi connectivity index (χ1v) is 16.5. The van der Waals surface area contributed by atoms with Crippen LogP contribution in [-0.4, -0.2) is 19.1 Å². The second-order valence-corrected chi connectivity index (χ2v) is 13.1. The number of aryl methyl sites for hydroxylation is 2. The number of para-hydroxylation sites is 2. The number of rotatable bonds is 7. The smallest absolute Gasteiger partial charge is 0.347 e. The molecular formula is C36H22Cl4N4O4. The molecule has 0 atom stereocenters. The van der Waals surface area contributed by atoms with Crippen molar-refractivity contribution >= 4 is 90.0 Å². The van der Waals surface area contributed by atoms with Gasteiger partial charge in [-0.15, -0.1) is 0 Å². The summed E-state index contributed by atoms with van der Waals surface area (Å²) in [6, 6.07) is 25.9. The highest BCUT2D eigenvalue weighted by Crippen LogP contribution is 2.33. The fraction of sp³-hybridized carbons (Fsp3) is 0.111. The van der Waals surface area contributed by atoms with Gasteiger partial charge in [-0.25, -0.2) is 19.6 Å². The monoisotopic (exact) mass is 714 g/mol. The predicted molar refractivity (Wildman–Crippen MR) is 192 cm³/mol. The summed E-state index contributed by atoms with van der Waals surface area (Å²) in [5.41, 5.74) is 2.79. The maximum atomic E-state index is 13.0. The van der Waals surface area contributed by atoms with Crippen LogP contribution in [0.2, 0.25) is 20.1 Å². The third-order valence-electron chi connectivity index (χ3n) is 8.37. The minimum absolute atomic E-state index is 0.170. The largest absolute Gasteiger partial charge is 0.401 e. The summed E-state index contributed by atoms with van der Waals surface area (Å²) in [5.74, 6) is 0.341. The van der Waals surface area contributed by atoms with Crippen LogP contribution in [0.15, 0.2) is 103 Å². The summed E-state index contributed by atoms with van der Waals surface area (Å²) >= 11 is 25.1. The molecule has 8 nitrogen and oxygen atoms in total. The Morgan fingerprint density at radius 3 is 1.42 bits per heavy atom. The van der Waals surface area contributed by atoms with Crippen molar-refractivity contribution in [2.45, 2.75) is 25.9 Å². The van der Waals surface area contributed by atoms with Gasteiger partial charge in [-0.1, -0.05) is 82.8 Å². The molecular weight excluding hydrogens is 694 g/mol. The van der Waals surface area contributed by atoms with Crippen molar-refractivity contribution in [3.05, 3.63) is 126 Å². The van der Waals surface area contributed by atoms with Crippen LogP contribution in [0, 0.1) is 0 Å². The maximum absolute atomic E-state index is 13.0. The Bertz CT molecular complexity index is 2510. The third kappa shape index (κ3) is 5.35. The zero-order valence-electron chi connectivity index (χ0n) is 24.8. The number of fused-ring (bicyclic) bond motifs is 4. The van der Waals surface area contributed by atoms with E-state index in [-0.39, 0.29) is 32.6 Å². The average molecular weight is 716 g/mol. The molecule has 8 aromatic rings. The van der Waals surface area contributed by atoms with E-state index < -0.39 is 11.3 Å². The molecule has 8 rings (SSSR count). The first-order chi connectivity index (χ1) is 23.2. The molecule has 0 bridgehead atoms. The molecule has 4 aromatic carbocycles. The van der Waals surface area contributed by atoms with E-state index in [9.17, 15) is 9.59 Å². The maximum Gasteiger partial charge on any atom is 0.347 e. The Labute approximate surface area is 291 Å². The van der Waals surface area contributed by atoms with Gasteiger partial charge in [-0.2, -0.15) is 0 Å². The quantitative estimate of drug-likeness (QED) is 0.152. The standard InChI is InChI=1S/C36H22Cl4N4O4/c37-21-15-23-31(25(39)17-21)41-33(47-35(23)45)29-13-19-7-1-3-9-27(19)43(29)11-5-6-12-44-28-10-4-2-8-20(28)14-30(44)34-42-32-24(36(46)48-34)16-22(38)18-26(32)40/h1-4,7-10,13-18H,5-6,11-12H2. The van der Waals surface area contributed by atoms with Gasteiger partial charge in [0.1, 0.15) is 22.4 Å². The molecule has 238 valence electrons. The van der Waals surface area contributed by atoms with E-state index in [1.54, 1.807) is 12.1 Å². The number of hydrogen-bond acceptors (Lipinski definition) is 6. The van der Waals surface area contributed by atoms with Gasteiger partial charge in [-0.3, -0.25) is 0 Å². The minimum Gasteiger partial charge on any atom is -0.401 e. The van der Waals surface area contributed by atoms with Crippen LogP contribution < -0.4 is 11.3 Å². The lowest BCUT2D eigenvalue weighted by molar-refractivity contribution is 0.502. The molecule has 4 aromatic heterocycles.